The van der Waals surface area contributed by atoms with Gasteiger partial charge < -0.3 is 35.2 Å². The summed E-state index contributed by atoms with van der Waals surface area (Å²) in [6.45, 7) is 2.87. The minimum Gasteiger partial charge on any atom is -0.445 e. The number of benzene rings is 2. The van der Waals surface area contributed by atoms with Crippen LogP contribution >= 0.6 is 0 Å². The van der Waals surface area contributed by atoms with E-state index in [4.69, 9.17) is 9.47 Å². The van der Waals surface area contributed by atoms with Gasteiger partial charge in [0.05, 0.1) is 24.2 Å². The Morgan fingerprint density at radius 1 is 0.904 bits per heavy atom. The molecule has 2 aliphatic rings. The molecule has 2 heterocycles. The molecule has 0 bridgehead atoms. The van der Waals surface area contributed by atoms with Gasteiger partial charge in [0.25, 0.3) is 0 Å². The molecule has 0 aromatic heterocycles. The van der Waals surface area contributed by atoms with E-state index < -0.39 is 97.0 Å². The van der Waals surface area contributed by atoms with Crippen LogP contribution in [0.25, 0.3) is 0 Å². The largest absolute Gasteiger partial charge is 0.445 e. The van der Waals surface area contributed by atoms with E-state index >= 15 is 0 Å². The Hall–Kier alpha value is -5.49. The van der Waals surface area contributed by atoms with Crippen molar-refractivity contribution in [2.24, 2.45) is 0 Å². The molecule has 13 nitrogen and oxygen atoms in total. The van der Waals surface area contributed by atoms with Crippen molar-refractivity contribution in [3.05, 3.63) is 83.4 Å². The number of hydrogen-bond donors (Lipinski definition) is 3. The number of alkyl halides is 6. The lowest BCUT2D eigenvalue weighted by Crippen LogP contribution is -2.77. The minimum absolute atomic E-state index is 0.000363. The number of fused-ring (bicyclic) bond motifs is 1. The number of rotatable bonds is 11. The maximum Gasteiger partial charge on any atom is 0.416 e. The van der Waals surface area contributed by atoms with Crippen molar-refractivity contribution in [1.82, 2.24) is 30.7 Å². The maximum atomic E-state index is 14.0. The van der Waals surface area contributed by atoms with Gasteiger partial charge in [0.15, 0.2) is 0 Å². The van der Waals surface area contributed by atoms with E-state index in [1.54, 1.807) is 30.3 Å². The fourth-order valence-electron chi connectivity index (χ4n) is 5.61. The highest BCUT2D eigenvalue weighted by molar-refractivity contribution is 5.95. The summed E-state index contributed by atoms with van der Waals surface area (Å²) in [6, 6.07) is 5.72. The third-order valence-electron chi connectivity index (χ3n) is 8.01. The second kappa shape index (κ2) is 16.7. The van der Waals surface area contributed by atoms with Crippen molar-refractivity contribution in [2.75, 3.05) is 32.8 Å². The third kappa shape index (κ3) is 9.85. The van der Waals surface area contributed by atoms with Gasteiger partial charge in [-0.2, -0.15) is 26.3 Å². The molecule has 3 atom stereocenters. The van der Waals surface area contributed by atoms with Crippen LogP contribution in [0.1, 0.15) is 35.6 Å². The van der Waals surface area contributed by atoms with Crippen molar-refractivity contribution in [3.63, 3.8) is 0 Å². The van der Waals surface area contributed by atoms with Gasteiger partial charge in [-0.15, -0.1) is 0 Å². The molecule has 0 unspecified atom stereocenters. The topological polar surface area (TPSA) is 150 Å². The minimum atomic E-state index is -5.15. The molecular formula is C33H36F6N6O7. The van der Waals surface area contributed by atoms with Crippen LogP contribution in [0.3, 0.4) is 0 Å². The second-order valence-electron chi connectivity index (χ2n) is 11.8. The molecule has 0 saturated carbocycles. The number of nitrogens with one attached hydrogen (secondary N) is 3. The van der Waals surface area contributed by atoms with E-state index in [1.165, 1.54) is 11.0 Å². The zero-order chi connectivity index (χ0) is 38.2. The Labute approximate surface area is 293 Å². The molecule has 0 spiro atoms. The number of ether oxygens (including phenoxy) is 2. The Morgan fingerprint density at radius 2 is 1.56 bits per heavy atom. The number of piperazine rings is 1. The van der Waals surface area contributed by atoms with Crippen LogP contribution < -0.4 is 16.0 Å². The average Bonchev–Trinajstić information content (AvgIpc) is 3.09. The lowest BCUT2D eigenvalue weighted by molar-refractivity contribution is -0.170. The lowest BCUT2D eigenvalue weighted by Gasteiger charge is -2.53. The third-order valence-corrected chi connectivity index (χ3v) is 8.01. The summed E-state index contributed by atoms with van der Waals surface area (Å²) < 4.78 is 91.0. The molecule has 0 aliphatic carbocycles. The number of alkyl carbamates (subject to hydrolysis) is 1. The summed E-state index contributed by atoms with van der Waals surface area (Å²) in [6.07, 6.45) is -12.2. The van der Waals surface area contributed by atoms with Gasteiger partial charge in [0, 0.05) is 19.6 Å². The summed E-state index contributed by atoms with van der Waals surface area (Å²) in [5.74, 6) is -1.47. The number of carbonyl (C=O) groups is 5. The van der Waals surface area contributed by atoms with Gasteiger partial charge in [-0.25, -0.2) is 14.4 Å². The van der Waals surface area contributed by atoms with E-state index in [-0.39, 0.29) is 25.8 Å². The van der Waals surface area contributed by atoms with Crippen LogP contribution in [0.2, 0.25) is 0 Å². The van der Waals surface area contributed by atoms with Crippen LogP contribution in [0.4, 0.5) is 40.7 Å². The van der Waals surface area contributed by atoms with Gasteiger partial charge in [-0.05, 0) is 35.7 Å². The molecule has 2 aliphatic heterocycles. The molecule has 4 rings (SSSR count). The summed E-state index contributed by atoms with van der Waals surface area (Å²) >= 11 is 0. The highest BCUT2D eigenvalue weighted by Crippen LogP contribution is 2.36. The van der Waals surface area contributed by atoms with Crippen LogP contribution in [0.5, 0.6) is 0 Å². The molecule has 2 saturated heterocycles. The number of urea groups is 1. The first-order chi connectivity index (χ1) is 24.5. The summed E-state index contributed by atoms with van der Waals surface area (Å²) in [4.78, 5) is 69.9. The smallest absolute Gasteiger partial charge is 0.416 e. The number of nitrogens with zero attached hydrogens (tertiary/aromatic N) is 3. The summed E-state index contributed by atoms with van der Waals surface area (Å²) in [5.41, 5.74) is -3.20. The molecule has 2 aromatic carbocycles. The molecular weight excluding hydrogens is 706 g/mol. The Bertz CT molecular complexity index is 1610. The van der Waals surface area contributed by atoms with Gasteiger partial charge >= 0.3 is 30.6 Å². The van der Waals surface area contributed by atoms with Gasteiger partial charge in [-0.3, -0.25) is 14.5 Å². The Morgan fingerprint density at radius 3 is 2.15 bits per heavy atom. The van der Waals surface area contributed by atoms with E-state index in [9.17, 15) is 50.3 Å². The van der Waals surface area contributed by atoms with Crippen molar-refractivity contribution in [3.8, 4) is 0 Å². The summed E-state index contributed by atoms with van der Waals surface area (Å²) in [7, 11) is 0. The highest BCUT2D eigenvalue weighted by atomic mass is 19.4. The van der Waals surface area contributed by atoms with E-state index in [2.05, 4.69) is 22.5 Å². The highest BCUT2D eigenvalue weighted by Gasteiger charge is 2.53. The van der Waals surface area contributed by atoms with Crippen LogP contribution in [0, 0.1) is 0 Å². The van der Waals surface area contributed by atoms with Gasteiger partial charge in [-0.1, -0.05) is 49.9 Å². The van der Waals surface area contributed by atoms with Crippen LogP contribution in [-0.2, 0) is 44.6 Å². The second-order valence-corrected chi connectivity index (χ2v) is 11.8. The Balaban J connectivity index is 1.70. The molecule has 52 heavy (non-hydrogen) atoms. The predicted molar refractivity (Wildman–Crippen MR) is 170 cm³/mol. The SMILES string of the molecule is C=CCOC(=O)N[C@H]1CN(C(=O)OCc2cc(C(F)(F)F)cc(C(F)(F)F)c2)[C@H]2CN(Cc3ccccc3)C(=O)[C@H](CNC(=O)NCCC)N2C1=O. The molecule has 0 radical (unpaired) electrons. The lowest BCUT2D eigenvalue weighted by atomic mass is 10.0. The molecule has 2 aromatic rings. The monoisotopic (exact) mass is 742 g/mol. The quantitative estimate of drug-likeness (QED) is 0.231. The predicted octanol–water partition coefficient (Wildman–Crippen LogP) is 4.23. The number of halogens is 6. The van der Waals surface area contributed by atoms with Gasteiger partial charge in [0.2, 0.25) is 11.8 Å². The standard InChI is InChI=1S/C33H36F6N6O7/c1-3-10-40-29(48)41-15-25-28(47)43(16-20-8-6-5-7-9-20)18-26-44(17-24(27(46)45(25)26)42-30(49)51-11-4-2)31(50)52-19-21-12-22(32(34,35)36)14-23(13-21)33(37,38)39/h4-9,12-14,24-26H,2-3,10-11,15-19H2,1H3,(H,42,49)(H2,40,41,48)/t24-,25-,26+/m0/s1. The molecule has 282 valence electrons. The van der Waals surface area contributed by atoms with Crippen molar-refractivity contribution in [1.29, 1.82) is 0 Å². The zero-order valence-electron chi connectivity index (χ0n) is 27.8. The van der Waals surface area contributed by atoms with Gasteiger partial charge in [0.1, 0.15) is 31.5 Å². The van der Waals surface area contributed by atoms with Crippen molar-refractivity contribution in [2.45, 2.75) is 57.1 Å². The molecule has 19 heteroatoms. The first-order valence-corrected chi connectivity index (χ1v) is 16.0. The number of carbonyl (C=O) groups excluding carboxylic acids is 5. The number of amides is 6. The molecule has 6 amide bonds. The Kier molecular flexibility index (Phi) is 12.6. The van der Waals surface area contributed by atoms with Crippen molar-refractivity contribution < 1.29 is 59.8 Å². The van der Waals surface area contributed by atoms with E-state index in [0.717, 1.165) is 9.80 Å². The fraction of sp³-hybridized carbons (Fsp3) is 0.424. The molecule has 3 N–H and O–H groups in total. The zero-order valence-corrected chi connectivity index (χ0v) is 27.8. The maximum absolute atomic E-state index is 14.0. The van der Waals surface area contributed by atoms with E-state index in [0.29, 0.717) is 30.7 Å². The van der Waals surface area contributed by atoms with Crippen LogP contribution in [-0.4, -0.2) is 95.8 Å². The van der Waals surface area contributed by atoms with Crippen molar-refractivity contribution >= 4 is 30.0 Å². The van der Waals surface area contributed by atoms with E-state index in [1.807, 2.05) is 6.92 Å². The normalized spacial score (nSPS) is 19.1. The first-order valence-electron chi connectivity index (χ1n) is 16.0. The first kappa shape index (κ1) is 39.3. The average molecular weight is 743 g/mol. The molecule has 2 fully saturated rings. The fourth-order valence-corrected chi connectivity index (χ4v) is 5.61. The summed E-state index contributed by atoms with van der Waals surface area (Å²) in [5, 5.41) is 7.41. The van der Waals surface area contributed by atoms with Crippen LogP contribution in [0.15, 0.2) is 61.2 Å². The number of hydrogen-bond acceptors (Lipinski definition) is 7.